The van der Waals surface area contributed by atoms with E-state index in [0.717, 1.165) is 47.3 Å². The second-order valence-electron chi connectivity index (χ2n) is 25.0. The van der Waals surface area contributed by atoms with Crippen LogP contribution in [0.3, 0.4) is 0 Å². The van der Waals surface area contributed by atoms with Crippen LogP contribution in [0, 0.1) is 47.3 Å². The summed E-state index contributed by atoms with van der Waals surface area (Å²) in [7, 11) is 0. The van der Waals surface area contributed by atoms with Crippen LogP contribution in [-0.4, -0.2) is 0 Å². The van der Waals surface area contributed by atoms with Crippen LogP contribution in [0.25, 0.3) is 0 Å². The van der Waals surface area contributed by atoms with Gasteiger partial charge in [-0.05, 0) is 53.8 Å². The van der Waals surface area contributed by atoms with E-state index >= 15 is 0 Å². The van der Waals surface area contributed by atoms with Crippen molar-refractivity contribution in [2.24, 2.45) is 47.3 Å². The molecule has 8 unspecified atom stereocenters. The van der Waals surface area contributed by atoms with Crippen LogP contribution < -0.4 is 0 Å². The standard InChI is InChI=1S/C66H128/c1-5-8-10-24-31-47-61(46-9-6-2)64-52-36-29-23-30-37-53-65(56-41-55-64)62-48-32-25-19-17-15-13-11-12-14-16-18-20-26-34-50-63(51-35-28-22-21-27-33-49-62)66-54-39-38-43-59(4)44-40-45-60(42-7-3)57-58-66/h59-66H,5-58H2,1-4H3. The Labute approximate surface area is 419 Å². The summed E-state index contributed by atoms with van der Waals surface area (Å²) in [6, 6.07) is 0. The third-order valence-corrected chi connectivity index (χ3v) is 19.2. The number of hydrogen-bond acceptors (Lipinski definition) is 0. The monoisotopic (exact) mass is 921 g/mol. The van der Waals surface area contributed by atoms with Gasteiger partial charge in [0.15, 0.2) is 0 Å². The van der Waals surface area contributed by atoms with Crippen molar-refractivity contribution in [1.82, 2.24) is 0 Å². The lowest BCUT2D eigenvalue weighted by Gasteiger charge is -2.31. The van der Waals surface area contributed by atoms with E-state index in [4.69, 9.17) is 0 Å². The van der Waals surface area contributed by atoms with Gasteiger partial charge >= 0.3 is 0 Å². The van der Waals surface area contributed by atoms with E-state index < -0.39 is 0 Å². The zero-order valence-electron chi connectivity index (χ0n) is 46.8. The first-order valence-corrected chi connectivity index (χ1v) is 32.6. The number of unbranched alkanes of at least 4 members (excludes halogenated alkanes) is 5. The van der Waals surface area contributed by atoms with Gasteiger partial charge in [-0.1, -0.05) is 368 Å². The molecule has 0 heteroatoms. The minimum absolute atomic E-state index is 0.957. The van der Waals surface area contributed by atoms with E-state index in [1.165, 1.54) is 263 Å². The van der Waals surface area contributed by atoms with Crippen LogP contribution in [0.15, 0.2) is 0 Å². The Balaban J connectivity index is 1.61. The highest BCUT2D eigenvalue weighted by Crippen LogP contribution is 2.39. The lowest BCUT2D eigenvalue weighted by atomic mass is 9.74. The Bertz CT molecular complexity index is 981. The Hall–Kier alpha value is 0. The first-order chi connectivity index (χ1) is 32.6. The normalized spacial score (nSPS) is 30.1. The first-order valence-electron chi connectivity index (χ1n) is 32.6. The van der Waals surface area contributed by atoms with E-state index in [9.17, 15) is 0 Å². The van der Waals surface area contributed by atoms with Crippen molar-refractivity contribution >= 4 is 0 Å². The lowest BCUT2D eigenvalue weighted by molar-refractivity contribution is 0.204. The summed E-state index contributed by atoms with van der Waals surface area (Å²) in [6.07, 6.45) is 81.7. The van der Waals surface area contributed by atoms with E-state index in [2.05, 4.69) is 27.7 Å². The maximum atomic E-state index is 2.57. The molecule has 3 saturated carbocycles. The van der Waals surface area contributed by atoms with Gasteiger partial charge in [-0.2, -0.15) is 0 Å². The molecule has 3 aliphatic rings. The third kappa shape index (κ3) is 31.4. The summed E-state index contributed by atoms with van der Waals surface area (Å²) in [5.74, 6) is 8.09. The van der Waals surface area contributed by atoms with E-state index in [1.807, 2.05) is 0 Å². The summed E-state index contributed by atoms with van der Waals surface area (Å²) in [6.45, 7) is 9.83. The fourth-order valence-electron chi connectivity index (χ4n) is 14.7. The first kappa shape index (κ1) is 60.3. The zero-order valence-corrected chi connectivity index (χ0v) is 46.8. The van der Waals surface area contributed by atoms with Gasteiger partial charge < -0.3 is 0 Å². The van der Waals surface area contributed by atoms with Crippen molar-refractivity contribution in [3.05, 3.63) is 0 Å². The Kier molecular flexibility index (Phi) is 40.0. The van der Waals surface area contributed by atoms with Gasteiger partial charge in [0.25, 0.3) is 0 Å². The predicted octanol–water partition coefficient (Wildman–Crippen LogP) is 24.1. The van der Waals surface area contributed by atoms with Crippen LogP contribution in [0.2, 0.25) is 0 Å². The smallest absolute Gasteiger partial charge is 0.0386 e. The molecular formula is C66H128. The zero-order chi connectivity index (χ0) is 46.8. The maximum Gasteiger partial charge on any atom is -0.0386 e. The van der Waals surface area contributed by atoms with Crippen LogP contribution in [0.1, 0.15) is 374 Å². The second kappa shape index (κ2) is 43.8. The second-order valence-corrected chi connectivity index (χ2v) is 25.0. The topological polar surface area (TPSA) is 0 Å². The molecule has 0 aromatic rings. The van der Waals surface area contributed by atoms with Gasteiger partial charge in [-0.3, -0.25) is 0 Å². The van der Waals surface area contributed by atoms with Gasteiger partial charge in [-0.15, -0.1) is 0 Å². The molecule has 0 nitrogen and oxygen atoms in total. The fourth-order valence-corrected chi connectivity index (χ4v) is 14.7. The largest absolute Gasteiger partial charge is 0.0654 e. The van der Waals surface area contributed by atoms with Crippen molar-refractivity contribution < 1.29 is 0 Å². The van der Waals surface area contributed by atoms with E-state index in [0.29, 0.717) is 0 Å². The van der Waals surface area contributed by atoms with Crippen LogP contribution >= 0.6 is 0 Å². The van der Waals surface area contributed by atoms with Gasteiger partial charge in [0.2, 0.25) is 0 Å². The molecule has 3 rings (SSSR count). The highest BCUT2D eigenvalue weighted by Gasteiger charge is 2.26. The highest BCUT2D eigenvalue weighted by atomic mass is 14.3. The van der Waals surface area contributed by atoms with E-state index in [-0.39, 0.29) is 0 Å². The average molecular weight is 922 g/mol. The Morgan fingerprint density at radius 1 is 0.273 bits per heavy atom. The molecule has 0 heterocycles. The molecular weight excluding hydrogens is 793 g/mol. The summed E-state index contributed by atoms with van der Waals surface area (Å²) in [5, 5.41) is 0. The fraction of sp³-hybridized carbons (Fsp3) is 1.00. The molecule has 0 radical (unpaired) electrons. The van der Waals surface area contributed by atoms with Gasteiger partial charge in [0.1, 0.15) is 0 Å². The third-order valence-electron chi connectivity index (χ3n) is 19.2. The average Bonchev–Trinajstić information content (AvgIpc) is 3.31. The minimum Gasteiger partial charge on any atom is -0.0654 e. The molecule has 3 fully saturated rings. The summed E-state index contributed by atoms with van der Waals surface area (Å²) < 4.78 is 0. The quantitative estimate of drug-likeness (QED) is 0.152. The van der Waals surface area contributed by atoms with Crippen molar-refractivity contribution in [3.8, 4) is 0 Å². The Morgan fingerprint density at radius 2 is 0.606 bits per heavy atom. The number of hydrogen-bond donors (Lipinski definition) is 0. The predicted molar refractivity (Wildman–Crippen MR) is 300 cm³/mol. The molecule has 392 valence electrons. The molecule has 8 atom stereocenters. The number of rotatable bonds is 14. The maximum absolute atomic E-state index is 2.57. The summed E-state index contributed by atoms with van der Waals surface area (Å²) in [4.78, 5) is 0. The van der Waals surface area contributed by atoms with E-state index in [1.54, 1.807) is 83.5 Å². The van der Waals surface area contributed by atoms with Gasteiger partial charge in [0, 0.05) is 0 Å². The van der Waals surface area contributed by atoms with Crippen molar-refractivity contribution in [2.45, 2.75) is 374 Å². The molecule has 0 spiro atoms. The SMILES string of the molecule is CCCCCCCC(CCCC)C1CCCCCCCC(C2CCCCCCCCCCCCCCCCC(C3CCCCC(C)CCCC(CCC)CC3)CCCCCCCC2)CCC1. The molecule has 0 aromatic heterocycles. The summed E-state index contributed by atoms with van der Waals surface area (Å²) in [5.41, 5.74) is 0. The molecule has 0 amide bonds. The molecule has 0 saturated heterocycles. The minimum atomic E-state index is 0.957. The van der Waals surface area contributed by atoms with Gasteiger partial charge in [-0.25, -0.2) is 0 Å². The molecule has 66 heavy (non-hydrogen) atoms. The highest BCUT2D eigenvalue weighted by molar-refractivity contribution is 4.78. The van der Waals surface area contributed by atoms with Crippen LogP contribution in [0.5, 0.6) is 0 Å². The lowest BCUT2D eigenvalue weighted by Crippen LogP contribution is -2.19. The van der Waals surface area contributed by atoms with Crippen molar-refractivity contribution in [2.75, 3.05) is 0 Å². The molecule has 0 aliphatic heterocycles. The molecule has 0 aromatic carbocycles. The van der Waals surface area contributed by atoms with Crippen LogP contribution in [-0.2, 0) is 0 Å². The molecule has 0 N–H and O–H groups in total. The summed E-state index contributed by atoms with van der Waals surface area (Å²) >= 11 is 0. The van der Waals surface area contributed by atoms with Gasteiger partial charge in [0.05, 0.1) is 0 Å². The van der Waals surface area contributed by atoms with Crippen LogP contribution in [0.4, 0.5) is 0 Å². The molecule has 0 bridgehead atoms. The van der Waals surface area contributed by atoms with Crippen molar-refractivity contribution in [3.63, 3.8) is 0 Å². The van der Waals surface area contributed by atoms with Crippen molar-refractivity contribution in [1.29, 1.82) is 0 Å². The Morgan fingerprint density at radius 3 is 1.08 bits per heavy atom. The molecule has 3 aliphatic carbocycles.